The Morgan fingerprint density at radius 2 is 2.55 bits per heavy atom. The number of nitrogens with zero attached hydrogens (tertiary/aromatic N) is 2. The largest absolute Gasteiger partial charge is 0.337 e. The van der Waals surface area contributed by atoms with Gasteiger partial charge in [0.1, 0.15) is 0 Å². The number of hydrogen-bond acceptors (Lipinski definition) is 3. The summed E-state index contributed by atoms with van der Waals surface area (Å²) in [7, 11) is 1.62. The van der Waals surface area contributed by atoms with Crippen LogP contribution in [0.1, 0.15) is 6.42 Å². The third-order valence-electron chi connectivity index (χ3n) is 1.40. The molecular weight excluding hydrogens is 142 g/mol. The number of aromatic nitrogens is 2. The van der Waals surface area contributed by atoms with Gasteiger partial charge in [0.25, 0.3) is 0 Å². The van der Waals surface area contributed by atoms with Crippen molar-refractivity contribution in [3.8, 4) is 0 Å². The Labute approximate surface area is 66.1 Å². The van der Waals surface area contributed by atoms with E-state index in [0.29, 0.717) is 0 Å². The highest BCUT2D eigenvalue weighted by atomic mass is 16.6. The van der Waals surface area contributed by atoms with Gasteiger partial charge in [0.15, 0.2) is 0 Å². The lowest BCUT2D eigenvalue weighted by Crippen LogP contribution is -2.14. The third-order valence-corrected chi connectivity index (χ3v) is 1.40. The van der Waals surface area contributed by atoms with E-state index < -0.39 is 0 Å². The monoisotopic (exact) mass is 155 g/mol. The predicted molar refractivity (Wildman–Crippen MR) is 41.9 cm³/mol. The average molecular weight is 155 g/mol. The highest BCUT2D eigenvalue weighted by Gasteiger charge is 1.88. The van der Waals surface area contributed by atoms with E-state index in [4.69, 9.17) is 0 Å². The van der Waals surface area contributed by atoms with Gasteiger partial charge in [-0.3, -0.25) is 0 Å². The Kier molecular flexibility index (Phi) is 3.64. The van der Waals surface area contributed by atoms with Gasteiger partial charge >= 0.3 is 0 Å². The number of aryl methyl sites for hydroxylation is 1. The minimum atomic E-state index is 0.870. The Morgan fingerprint density at radius 1 is 1.64 bits per heavy atom. The second-order valence-electron chi connectivity index (χ2n) is 2.25. The van der Waals surface area contributed by atoms with E-state index in [2.05, 4.69) is 15.3 Å². The molecule has 0 aromatic carbocycles. The third kappa shape index (κ3) is 3.15. The van der Waals surface area contributed by atoms with Crippen molar-refractivity contribution in [3.63, 3.8) is 0 Å². The molecule has 0 saturated heterocycles. The van der Waals surface area contributed by atoms with Crippen molar-refractivity contribution in [1.29, 1.82) is 0 Å². The minimum absolute atomic E-state index is 0.870. The van der Waals surface area contributed by atoms with Gasteiger partial charge in [-0.2, -0.15) is 0 Å². The summed E-state index contributed by atoms with van der Waals surface area (Å²) < 4.78 is 2.04. The molecule has 1 aromatic rings. The normalized spacial score (nSPS) is 10.3. The highest BCUT2D eigenvalue weighted by Crippen LogP contribution is 1.88. The van der Waals surface area contributed by atoms with Crippen LogP contribution in [0.2, 0.25) is 0 Å². The second kappa shape index (κ2) is 4.87. The smallest absolute Gasteiger partial charge is 0.0945 e. The van der Waals surface area contributed by atoms with Crippen LogP contribution >= 0.6 is 0 Å². The Hall–Kier alpha value is -0.870. The summed E-state index contributed by atoms with van der Waals surface area (Å²) in [6, 6.07) is 0. The van der Waals surface area contributed by atoms with Crippen LogP contribution in [-0.4, -0.2) is 23.2 Å². The lowest BCUT2D eigenvalue weighted by atomic mass is 10.4. The molecule has 0 aliphatic rings. The molecule has 0 unspecified atom stereocenters. The Balaban J connectivity index is 2.04. The SMILES string of the molecule is CONCCCn1ccnc1. The molecule has 62 valence electrons. The van der Waals surface area contributed by atoms with Crippen molar-refractivity contribution in [3.05, 3.63) is 18.7 Å². The lowest BCUT2D eigenvalue weighted by molar-refractivity contribution is 0.0901. The van der Waals surface area contributed by atoms with Crippen molar-refractivity contribution in [2.45, 2.75) is 13.0 Å². The fourth-order valence-electron chi connectivity index (χ4n) is 0.855. The fraction of sp³-hybridized carbons (Fsp3) is 0.571. The molecule has 0 atom stereocenters. The van der Waals surface area contributed by atoms with E-state index in [1.165, 1.54) is 0 Å². The zero-order valence-electron chi connectivity index (χ0n) is 6.66. The van der Waals surface area contributed by atoms with Crippen LogP contribution in [0.3, 0.4) is 0 Å². The Bertz CT molecular complexity index is 174. The molecule has 0 aliphatic carbocycles. The summed E-state index contributed by atoms with van der Waals surface area (Å²) in [5.41, 5.74) is 2.78. The number of nitrogens with one attached hydrogen (secondary N) is 1. The van der Waals surface area contributed by atoms with Crippen LogP contribution in [0.4, 0.5) is 0 Å². The summed E-state index contributed by atoms with van der Waals surface area (Å²) in [6.45, 7) is 1.85. The molecule has 0 amide bonds. The van der Waals surface area contributed by atoms with E-state index in [9.17, 15) is 0 Å². The Morgan fingerprint density at radius 3 is 3.18 bits per heavy atom. The van der Waals surface area contributed by atoms with Gasteiger partial charge in [-0.15, -0.1) is 0 Å². The van der Waals surface area contributed by atoms with Crippen molar-refractivity contribution in [1.82, 2.24) is 15.0 Å². The number of imidazole rings is 1. The first-order valence-corrected chi connectivity index (χ1v) is 3.65. The van der Waals surface area contributed by atoms with E-state index in [1.807, 2.05) is 17.1 Å². The fourth-order valence-corrected chi connectivity index (χ4v) is 0.855. The molecule has 1 heterocycles. The van der Waals surface area contributed by atoms with E-state index in [0.717, 1.165) is 19.5 Å². The lowest BCUT2D eigenvalue weighted by Gasteiger charge is -2.01. The van der Waals surface area contributed by atoms with Gasteiger partial charge in [-0.1, -0.05) is 0 Å². The van der Waals surface area contributed by atoms with Crippen molar-refractivity contribution >= 4 is 0 Å². The zero-order chi connectivity index (χ0) is 7.94. The molecule has 1 N–H and O–H groups in total. The number of rotatable bonds is 5. The molecule has 0 bridgehead atoms. The van der Waals surface area contributed by atoms with Crippen LogP contribution < -0.4 is 5.48 Å². The van der Waals surface area contributed by atoms with Gasteiger partial charge in [-0.25, -0.2) is 10.5 Å². The molecule has 1 aromatic heterocycles. The van der Waals surface area contributed by atoms with Crippen molar-refractivity contribution in [2.75, 3.05) is 13.7 Å². The first-order chi connectivity index (χ1) is 5.43. The molecular formula is C7H13N3O. The summed E-state index contributed by atoms with van der Waals surface area (Å²) >= 11 is 0. The topological polar surface area (TPSA) is 39.1 Å². The molecule has 4 nitrogen and oxygen atoms in total. The van der Waals surface area contributed by atoms with Crippen molar-refractivity contribution in [2.24, 2.45) is 0 Å². The van der Waals surface area contributed by atoms with Gasteiger partial charge in [0.2, 0.25) is 0 Å². The zero-order valence-corrected chi connectivity index (χ0v) is 6.66. The maximum Gasteiger partial charge on any atom is 0.0945 e. The van der Waals surface area contributed by atoms with E-state index in [-0.39, 0.29) is 0 Å². The van der Waals surface area contributed by atoms with Crippen LogP contribution in [0.15, 0.2) is 18.7 Å². The maximum absolute atomic E-state index is 4.69. The summed E-state index contributed by atoms with van der Waals surface area (Å²) in [6.07, 6.45) is 6.59. The summed E-state index contributed by atoms with van der Waals surface area (Å²) in [5.74, 6) is 0. The van der Waals surface area contributed by atoms with Gasteiger partial charge in [0, 0.05) is 25.5 Å². The quantitative estimate of drug-likeness (QED) is 0.495. The number of hydrogen-bond donors (Lipinski definition) is 1. The van der Waals surface area contributed by atoms with E-state index >= 15 is 0 Å². The van der Waals surface area contributed by atoms with Crippen LogP contribution in [-0.2, 0) is 11.4 Å². The summed E-state index contributed by atoms with van der Waals surface area (Å²) in [5, 5.41) is 0. The van der Waals surface area contributed by atoms with Crippen LogP contribution in [0.5, 0.6) is 0 Å². The minimum Gasteiger partial charge on any atom is -0.337 e. The van der Waals surface area contributed by atoms with Gasteiger partial charge < -0.3 is 9.40 Å². The number of hydroxylamine groups is 1. The standard InChI is InChI=1S/C7H13N3O/c1-11-9-3-2-5-10-6-4-8-7-10/h4,6-7,9H,2-3,5H2,1H3. The second-order valence-corrected chi connectivity index (χ2v) is 2.25. The van der Waals surface area contributed by atoms with Crippen molar-refractivity contribution < 1.29 is 4.84 Å². The van der Waals surface area contributed by atoms with Crippen LogP contribution in [0, 0.1) is 0 Å². The first-order valence-electron chi connectivity index (χ1n) is 3.65. The average Bonchev–Trinajstić information content (AvgIpc) is 2.50. The molecule has 0 fully saturated rings. The molecule has 0 radical (unpaired) electrons. The molecule has 1 rings (SSSR count). The molecule has 0 saturated carbocycles. The first kappa shape index (κ1) is 8.23. The van der Waals surface area contributed by atoms with Gasteiger partial charge in [-0.05, 0) is 6.42 Å². The maximum atomic E-state index is 4.69. The predicted octanol–water partition coefficient (Wildman–Crippen LogP) is 0.424. The highest BCUT2D eigenvalue weighted by molar-refractivity contribution is 4.73. The molecule has 0 aliphatic heterocycles. The van der Waals surface area contributed by atoms with Crippen LogP contribution in [0.25, 0.3) is 0 Å². The van der Waals surface area contributed by atoms with Gasteiger partial charge in [0.05, 0.1) is 13.4 Å². The molecule has 4 heteroatoms. The summed E-state index contributed by atoms with van der Waals surface area (Å²) in [4.78, 5) is 8.62. The van der Waals surface area contributed by atoms with E-state index in [1.54, 1.807) is 13.3 Å². The molecule has 11 heavy (non-hydrogen) atoms. The molecule has 0 spiro atoms.